The number of nitrogens with two attached hydrogens (primary N) is 1. The molecule has 1 aromatic carbocycles. The van der Waals surface area contributed by atoms with E-state index in [1.165, 1.54) is 6.07 Å². The minimum Gasteiger partial charge on any atom is -0.388 e. The lowest BCUT2D eigenvalue weighted by Gasteiger charge is -2.16. The van der Waals surface area contributed by atoms with Gasteiger partial charge in [0, 0.05) is 31.4 Å². The number of ether oxygens (including phenoxy) is 1. The van der Waals surface area contributed by atoms with Crippen LogP contribution in [-0.2, 0) is 4.74 Å². The number of rotatable bonds is 7. The SMILES string of the molecule is COCCC(N)CC(O)c1ccc(C)c([N+](=O)[O-])c1. The Labute approximate surface area is 112 Å². The summed E-state index contributed by atoms with van der Waals surface area (Å²) in [6.45, 7) is 2.19. The van der Waals surface area contributed by atoms with Crippen molar-refractivity contribution in [2.45, 2.75) is 31.9 Å². The van der Waals surface area contributed by atoms with Crippen molar-refractivity contribution in [1.29, 1.82) is 0 Å². The molecule has 2 unspecified atom stereocenters. The van der Waals surface area contributed by atoms with E-state index in [-0.39, 0.29) is 11.7 Å². The molecule has 0 amide bonds. The smallest absolute Gasteiger partial charge is 0.272 e. The Bertz CT molecular complexity index is 437. The van der Waals surface area contributed by atoms with Crippen LogP contribution in [0.1, 0.15) is 30.1 Å². The minimum atomic E-state index is -0.800. The molecule has 0 bridgehead atoms. The molecule has 0 saturated carbocycles. The van der Waals surface area contributed by atoms with Crippen LogP contribution in [0, 0.1) is 17.0 Å². The van der Waals surface area contributed by atoms with Gasteiger partial charge in [0.2, 0.25) is 0 Å². The molecule has 0 fully saturated rings. The van der Waals surface area contributed by atoms with Gasteiger partial charge in [-0.05, 0) is 25.3 Å². The summed E-state index contributed by atoms with van der Waals surface area (Å²) in [4.78, 5) is 10.4. The van der Waals surface area contributed by atoms with Crippen LogP contribution in [-0.4, -0.2) is 29.8 Å². The third kappa shape index (κ3) is 4.59. The van der Waals surface area contributed by atoms with E-state index in [4.69, 9.17) is 10.5 Å². The van der Waals surface area contributed by atoms with Crippen molar-refractivity contribution in [3.05, 3.63) is 39.4 Å². The van der Waals surface area contributed by atoms with Gasteiger partial charge in [-0.3, -0.25) is 10.1 Å². The summed E-state index contributed by atoms with van der Waals surface area (Å²) in [7, 11) is 1.59. The maximum Gasteiger partial charge on any atom is 0.272 e. The normalized spacial score (nSPS) is 14.1. The Morgan fingerprint density at radius 3 is 2.79 bits per heavy atom. The predicted octanol–water partition coefficient (Wildman–Crippen LogP) is 1.69. The van der Waals surface area contributed by atoms with E-state index in [2.05, 4.69) is 0 Å². The molecule has 0 aromatic heterocycles. The van der Waals surface area contributed by atoms with Gasteiger partial charge in [-0.15, -0.1) is 0 Å². The second-order valence-corrected chi connectivity index (χ2v) is 4.60. The Hall–Kier alpha value is -1.50. The van der Waals surface area contributed by atoms with Crippen molar-refractivity contribution in [1.82, 2.24) is 0 Å². The third-order valence-electron chi connectivity index (χ3n) is 3.03. The van der Waals surface area contributed by atoms with Gasteiger partial charge in [0.1, 0.15) is 0 Å². The van der Waals surface area contributed by atoms with Crippen LogP contribution in [0.3, 0.4) is 0 Å². The summed E-state index contributed by atoms with van der Waals surface area (Å²) in [6, 6.07) is 4.53. The Morgan fingerprint density at radius 1 is 1.53 bits per heavy atom. The van der Waals surface area contributed by atoms with Crippen LogP contribution >= 0.6 is 0 Å². The van der Waals surface area contributed by atoms with Crippen molar-refractivity contribution in [2.24, 2.45) is 5.73 Å². The van der Waals surface area contributed by atoms with Gasteiger partial charge < -0.3 is 15.6 Å². The van der Waals surface area contributed by atoms with Crippen molar-refractivity contribution in [3.63, 3.8) is 0 Å². The summed E-state index contributed by atoms with van der Waals surface area (Å²) in [5.74, 6) is 0. The van der Waals surface area contributed by atoms with Crippen LogP contribution in [0.15, 0.2) is 18.2 Å². The molecule has 0 heterocycles. The molecule has 1 aromatic rings. The average molecular weight is 268 g/mol. The lowest BCUT2D eigenvalue weighted by atomic mass is 9.99. The first kappa shape index (κ1) is 15.6. The molecular formula is C13H20N2O4. The summed E-state index contributed by atoms with van der Waals surface area (Å²) < 4.78 is 4.92. The Balaban J connectivity index is 2.74. The van der Waals surface area contributed by atoms with Crippen LogP contribution in [0.25, 0.3) is 0 Å². The second-order valence-electron chi connectivity index (χ2n) is 4.60. The molecule has 0 aliphatic carbocycles. The largest absolute Gasteiger partial charge is 0.388 e. The number of benzene rings is 1. The predicted molar refractivity (Wildman–Crippen MR) is 71.9 cm³/mol. The fourth-order valence-corrected chi connectivity index (χ4v) is 1.84. The molecule has 0 aliphatic rings. The van der Waals surface area contributed by atoms with Crippen LogP contribution < -0.4 is 5.73 Å². The number of hydrogen-bond donors (Lipinski definition) is 2. The van der Waals surface area contributed by atoms with Gasteiger partial charge in [0.05, 0.1) is 11.0 Å². The first-order chi connectivity index (χ1) is 8.95. The lowest BCUT2D eigenvalue weighted by molar-refractivity contribution is -0.385. The van der Waals surface area contributed by atoms with Gasteiger partial charge >= 0.3 is 0 Å². The maximum atomic E-state index is 10.8. The summed E-state index contributed by atoms with van der Waals surface area (Å²) >= 11 is 0. The van der Waals surface area contributed by atoms with E-state index in [1.54, 1.807) is 26.2 Å². The summed E-state index contributed by atoms with van der Waals surface area (Å²) in [5, 5.41) is 20.9. The molecule has 1 rings (SSSR count). The average Bonchev–Trinajstić information content (AvgIpc) is 2.36. The van der Waals surface area contributed by atoms with Crippen molar-refractivity contribution in [3.8, 4) is 0 Å². The molecule has 0 aliphatic heterocycles. The van der Waals surface area contributed by atoms with Gasteiger partial charge in [-0.2, -0.15) is 0 Å². The highest BCUT2D eigenvalue weighted by atomic mass is 16.6. The summed E-state index contributed by atoms with van der Waals surface area (Å²) in [6.07, 6.45) is 0.191. The van der Waals surface area contributed by atoms with E-state index in [1.807, 2.05) is 0 Å². The standard InChI is InChI=1S/C13H20N2O4/c1-9-3-4-10(7-12(9)15(17)18)13(16)8-11(14)5-6-19-2/h3-4,7,11,13,16H,5-6,8,14H2,1-2H3. The fraction of sp³-hybridized carbons (Fsp3) is 0.538. The summed E-state index contributed by atoms with van der Waals surface area (Å²) in [5.41, 5.74) is 6.96. The molecule has 106 valence electrons. The number of aliphatic hydroxyl groups is 1. The van der Waals surface area contributed by atoms with Crippen molar-refractivity contribution < 1.29 is 14.8 Å². The zero-order chi connectivity index (χ0) is 14.4. The molecule has 0 radical (unpaired) electrons. The molecule has 0 spiro atoms. The number of methoxy groups -OCH3 is 1. The number of nitrogens with zero attached hydrogens (tertiary/aromatic N) is 1. The Kier molecular flexibility index (Phi) is 5.88. The quantitative estimate of drug-likeness (QED) is 0.579. The number of nitro benzene ring substituents is 1. The molecule has 6 nitrogen and oxygen atoms in total. The van der Waals surface area contributed by atoms with Gasteiger partial charge in [0.25, 0.3) is 5.69 Å². The van der Waals surface area contributed by atoms with E-state index in [0.717, 1.165) is 0 Å². The van der Waals surface area contributed by atoms with Crippen LogP contribution in [0.5, 0.6) is 0 Å². The zero-order valence-corrected chi connectivity index (χ0v) is 11.2. The van der Waals surface area contributed by atoms with Crippen molar-refractivity contribution in [2.75, 3.05) is 13.7 Å². The number of nitro groups is 1. The molecule has 3 N–H and O–H groups in total. The topological polar surface area (TPSA) is 98.6 Å². The monoisotopic (exact) mass is 268 g/mol. The van der Waals surface area contributed by atoms with Crippen LogP contribution in [0.4, 0.5) is 5.69 Å². The molecule has 6 heteroatoms. The van der Waals surface area contributed by atoms with Gasteiger partial charge in [0.15, 0.2) is 0 Å². The number of aryl methyl sites for hydroxylation is 1. The molecule has 19 heavy (non-hydrogen) atoms. The van der Waals surface area contributed by atoms with E-state index in [9.17, 15) is 15.2 Å². The highest BCUT2D eigenvalue weighted by Gasteiger charge is 2.17. The van der Waals surface area contributed by atoms with Gasteiger partial charge in [-0.25, -0.2) is 0 Å². The first-order valence-electron chi connectivity index (χ1n) is 6.13. The Morgan fingerprint density at radius 2 is 2.21 bits per heavy atom. The molecule has 2 atom stereocenters. The van der Waals surface area contributed by atoms with Crippen molar-refractivity contribution >= 4 is 5.69 Å². The van der Waals surface area contributed by atoms with Gasteiger partial charge in [-0.1, -0.05) is 12.1 Å². The lowest BCUT2D eigenvalue weighted by Crippen LogP contribution is -2.24. The first-order valence-corrected chi connectivity index (χ1v) is 6.13. The fourth-order valence-electron chi connectivity index (χ4n) is 1.84. The molecule has 0 saturated heterocycles. The van der Waals surface area contributed by atoms with E-state index < -0.39 is 11.0 Å². The highest BCUT2D eigenvalue weighted by Crippen LogP contribution is 2.25. The van der Waals surface area contributed by atoms with E-state index >= 15 is 0 Å². The minimum absolute atomic E-state index is 0.0158. The van der Waals surface area contributed by atoms with E-state index in [0.29, 0.717) is 30.6 Å². The maximum absolute atomic E-state index is 10.8. The number of hydrogen-bond acceptors (Lipinski definition) is 5. The van der Waals surface area contributed by atoms with Crippen LogP contribution in [0.2, 0.25) is 0 Å². The molecular weight excluding hydrogens is 248 g/mol. The second kappa shape index (κ2) is 7.18. The number of aliphatic hydroxyl groups excluding tert-OH is 1. The third-order valence-corrected chi connectivity index (χ3v) is 3.03. The highest BCUT2D eigenvalue weighted by molar-refractivity contribution is 5.43. The zero-order valence-electron chi connectivity index (χ0n) is 11.2.